The first-order valence-electron chi connectivity index (χ1n) is 3.79. The van der Waals surface area contributed by atoms with Crippen LogP contribution in [0.15, 0.2) is 0 Å². The van der Waals surface area contributed by atoms with E-state index in [1.54, 1.807) is 6.92 Å². The van der Waals surface area contributed by atoms with E-state index in [1.165, 1.54) is 0 Å². The molecule has 2 nitrogen and oxygen atoms in total. The Morgan fingerprint density at radius 1 is 1.42 bits per heavy atom. The molecule has 72 valence electrons. The van der Waals surface area contributed by atoms with Crippen molar-refractivity contribution in [2.75, 3.05) is 6.54 Å². The van der Waals surface area contributed by atoms with E-state index in [0.29, 0.717) is 6.42 Å². The summed E-state index contributed by atoms with van der Waals surface area (Å²) >= 11 is 0. The molecule has 0 aromatic rings. The molecule has 0 aliphatic rings. The molecular weight excluding hydrogens is 171 g/mol. The zero-order valence-corrected chi connectivity index (χ0v) is 6.87. The molecule has 1 amide bonds. The molecule has 5 heteroatoms. The molecule has 0 saturated heterocycles. The molecule has 0 heterocycles. The van der Waals surface area contributed by atoms with Crippen LogP contribution in [0, 0.1) is 0 Å². The van der Waals surface area contributed by atoms with E-state index in [1.807, 2.05) is 0 Å². The Bertz CT molecular complexity index is 144. The van der Waals surface area contributed by atoms with Gasteiger partial charge in [-0.2, -0.15) is 13.2 Å². The van der Waals surface area contributed by atoms with Gasteiger partial charge in [0.15, 0.2) is 0 Å². The number of hydrogen-bond donors (Lipinski definition) is 1. The summed E-state index contributed by atoms with van der Waals surface area (Å²) in [6.45, 7) is 1.76. The predicted octanol–water partition coefficient (Wildman–Crippen LogP) is 1.86. The molecule has 0 aliphatic carbocycles. The van der Waals surface area contributed by atoms with E-state index in [2.05, 4.69) is 5.32 Å². The highest BCUT2D eigenvalue weighted by molar-refractivity contribution is 5.75. The van der Waals surface area contributed by atoms with Gasteiger partial charge in [0.1, 0.15) is 0 Å². The number of alkyl halides is 3. The van der Waals surface area contributed by atoms with E-state index < -0.39 is 12.6 Å². The average Bonchev–Trinajstić information content (AvgIpc) is 1.96. The molecule has 0 unspecified atom stereocenters. The number of amides is 1. The lowest BCUT2D eigenvalue weighted by Crippen LogP contribution is -2.24. The molecule has 0 bridgehead atoms. The largest absolute Gasteiger partial charge is 0.389 e. The van der Waals surface area contributed by atoms with Crippen molar-refractivity contribution in [3.05, 3.63) is 0 Å². The zero-order valence-electron chi connectivity index (χ0n) is 6.87. The van der Waals surface area contributed by atoms with Crippen molar-refractivity contribution in [1.29, 1.82) is 0 Å². The van der Waals surface area contributed by atoms with Crippen LogP contribution >= 0.6 is 0 Å². The zero-order chi connectivity index (χ0) is 9.61. The van der Waals surface area contributed by atoms with Crippen molar-refractivity contribution in [3.8, 4) is 0 Å². The highest BCUT2D eigenvalue weighted by Gasteiger charge is 2.25. The SMILES string of the molecule is CCC(=O)NCCCC(F)(F)F. The summed E-state index contributed by atoms with van der Waals surface area (Å²) in [7, 11) is 0. The van der Waals surface area contributed by atoms with Gasteiger partial charge < -0.3 is 5.32 Å². The molecule has 0 fully saturated rings. The fourth-order valence-corrected chi connectivity index (χ4v) is 0.642. The standard InChI is InChI=1S/C7H12F3NO/c1-2-6(12)11-5-3-4-7(8,9)10/h2-5H2,1H3,(H,11,12). The third-order valence-corrected chi connectivity index (χ3v) is 1.28. The third kappa shape index (κ3) is 7.37. The summed E-state index contributed by atoms with van der Waals surface area (Å²) in [4.78, 5) is 10.5. The van der Waals surface area contributed by atoms with Gasteiger partial charge in [-0.15, -0.1) is 0 Å². The molecule has 0 aliphatic heterocycles. The monoisotopic (exact) mass is 183 g/mol. The van der Waals surface area contributed by atoms with Gasteiger partial charge in [-0.1, -0.05) is 6.92 Å². The van der Waals surface area contributed by atoms with Gasteiger partial charge in [-0.25, -0.2) is 0 Å². The van der Waals surface area contributed by atoms with E-state index in [9.17, 15) is 18.0 Å². The molecule has 0 aromatic carbocycles. The lowest BCUT2D eigenvalue weighted by molar-refractivity contribution is -0.136. The van der Waals surface area contributed by atoms with E-state index >= 15 is 0 Å². The molecule has 0 rings (SSSR count). The van der Waals surface area contributed by atoms with Crippen LogP contribution < -0.4 is 5.32 Å². The second-order valence-electron chi connectivity index (χ2n) is 2.42. The predicted molar refractivity (Wildman–Crippen MR) is 38.6 cm³/mol. The topological polar surface area (TPSA) is 29.1 Å². The highest BCUT2D eigenvalue weighted by Crippen LogP contribution is 2.20. The van der Waals surface area contributed by atoms with Crippen molar-refractivity contribution >= 4 is 5.91 Å². The molecule has 0 radical (unpaired) electrons. The normalized spacial score (nSPS) is 11.3. The number of rotatable bonds is 4. The summed E-state index contributed by atoms with van der Waals surface area (Å²) in [6.07, 6.45) is -4.69. The molecule has 0 aromatic heterocycles. The first kappa shape index (κ1) is 11.3. The Kier molecular flexibility index (Phi) is 4.70. The van der Waals surface area contributed by atoms with Gasteiger partial charge in [0.2, 0.25) is 5.91 Å². The van der Waals surface area contributed by atoms with Crippen LogP contribution in [0.2, 0.25) is 0 Å². The maximum atomic E-state index is 11.5. The Balaban J connectivity index is 3.28. The molecule has 0 saturated carbocycles. The summed E-state index contributed by atoms with van der Waals surface area (Å²) < 4.78 is 34.6. The maximum Gasteiger partial charge on any atom is 0.389 e. The van der Waals surface area contributed by atoms with Gasteiger partial charge in [0.05, 0.1) is 0 Å². The first-order valence-corrected chi connectivity index (χ1v) is 3.79. The van der Waals surface area contributed by atoms with E-state index in [0.717, 1.165) is 0 Å². The summed E-state index contributed by atoms with van der Waals surface area (Å²) in [5.74, 6) is -0.211. The number of carbonyl (C=O) groups excluding carboxylic acids is 1. The van der Waals surface area contributed by atoms with Gasteiger partial charge >= 0.3 is 6.18 Å². The second kappa shape index (κ2) is 5.00. The smallest absolute Gasteiger partial charge is 0.356 e. The molecular formula is C7H12F3NO. The van der Waals surface area contributed by atoms with Crippen LogP contribution in [0.4, 0.5) is 13.2 Å². The minimum atomic E-state index is -4.11. The lowest BCUT2D eigenvalue weighted by atomic mass is 10.3. The fourth-order valence-electron chi connectivity index (χ4n) is 0.642. The summed E-state index contributed by atoms with van der Waals surface area (Å²) in [5, 5.41) is 2.37. The van der Waals surface area contributed by atoms with Gasteiger partial charge in [-0.05, 0) is 6.42 Å². The minimum Gasteiger partial charge on any atom is -0.356 e. The van der Waals surface area contributed by atoms with Crippen LogP contribution in [0.3, 0.4) is 0 Å². The average molecular weight is 183 g/mol. The Morgan fingerprint density at radius 2 is 2.00 bits per heavy atom. The van der Waals surface area contributed by atoms with Crippen molar-refractivity contribution in [1.82, 2.24) is 5.32 Å². The molecule has 1 N–H and O–H groups in total. The Labute approximate surface area is 69.1 Å². The van der Waals surface area contributed by atoms with Gasteiger partial charge in [-0.3, -0.25) is 4.79 Å². The van der Waals surface area contributed by atoms with Crippen LogP contribution in [0.25, 0.3) is 0 Å². The van der Waals surface area contributed by atoms with Gasteiger partial charge in [0.25, 0.3) is 0 Å². The highest BCUT2D eigenvalue weighted by atomic mass is 19.4. The fraction of sp³-hybridized carbons (Fsp3) is 0.857. The quantitative estimate of drug-likeness (QED) is 0.662. The van der Waals surface area contributed by atoms with Crippen molar-refractivity contribution in [3.63, 3.8) is 0 Å². The van der Waals surface area contributed by atoms with Crippen LogP contribution in [-0.2, 0) is 4.79 Å². The van der Waals surface area contributed by atoms with E-state index in [-0.39, 0.29) is 18.9 Å². The minimum absolute atomic E-state index is 0.0464. The molecule has 0 atom stereocenters. The Morgan fingerprint density at radius 3 is 2.42 bits per heavy atom. The lowest BCUT2D eigenvalue weighted by Gasteiger charge is -2.06. The first-order chi connectivity index (χ1) is 5.45. The van der Waals surface area contributed by atoms with Crippen LogP contribution in [0.1, 0.15) is 26.2 Å². The second-order valence-corrected chi connectivity index (χ2v) is 2.42. The number of nitrogens with one attached hydrogen (secondary N) is 1. The third-order valence-electron chi connectivity index (χ3n) is 1.28. The summed E-state index contributed by atoms with van der Waals surface area (Å²) in [5.41, 5.74) is 0. The number of halogens is 3. The Hall–Kier alpha value is -0.740. The molecule has 12 heavy (non-hydrogen) atoms. The summed E-state index contributed by atoms with van der Waals surface area (Å²) in [6, 6.07) is 0. The molecule has 0 spiro atoms. The number of hydrogen-bond acceptors (Lipinski definition) is 1. The van der Waals surface area contributed by atoms with Crippen molar-refractivity contribution in [2.24, 2.45) is 0 Å². The van der Waals surface area contributed by atoms with Crippen molar-refractivity contribution < 1.29 is 18.0 Å². The van der Waals surface area contributed by atoms with E-state index in [4.69, 9.17) is 0 Å². The van der Waals surface area contributed by atoms with Crippen LogP contribution in [0.5, 0.6) is 0 Å². The van der Waals surface area contributed by atoms with Crippen molar-refractivity contribution in [2.45, 2.75) is 32.4 Å². The van der Waals surface area contributed by atoms with Gasteiger partial charge in [0, 0.05) is 19.4 Å². The number of carbonyl (C=O) groups is 1. The maximum absolute atomic E-state index is 11.5. The van der Waals surface area contributed by atoms with Crippen LogP contribution in [-0.4, -0.2) is 18.6 Å².